The Morgan fingerprint density at radius 1 is 1.44 bits per heavy atom. The monoisotopic (exact) mass is 304 g/mol. The van der Waals surface area contributed by atoms with E-state index < -0.39 is 13.2 Å². The molecule has 2 unspecified atom stereocenters. The van der Waals surface area contributed by atoms with E-state index in [2.05, 4.69) is 13.8 Å². The van der Waals surface area contributed by atoms with Gasteiger partial charge in [-0.1, -0.05) is 26.0 Å². The molecule has 5 heteroatoms. The molecule has 0 spiro atoms. The average molecular weight is 305 g/mol. The molecule has 1 aromatic carbocycles. The van der Waals surface area contributed by atoms with Crippen molar-refractivity contribution in [3.63, 3.8) is 0 Å². The average Bonchev–Trinajstić information content (AvgIpc) is 2.36. The van der Waals surface area contributed by atoms with Gasteiger partial charge in [0, 0.05) is 18.4 Å². The molecule has 2 atom stereocenters. The molecule has 1 aromatic rings. The summed E-state index contributed by atoms with van der Waals surface area (Å²) in [4.78, 5) is 0. The second kappa shape index (κ2) is 5.41. The number of hydrogen-bond donors (Lipinski definition) is 0. The molecule has 0 N–H and O–H groups in total. The molecule has 0 aromatic heterocycles. The highest BCUT2D eigenvalue weighted by molar-refractivity contribution is 7.39. The lowest BCUT2D eigenvalue weighted by Gasteiger charge is -2.39. The van der Waals surface area contributed by atoms with Crippen LogP contribution < -0.4 is 9.92 Å². The van der Waals surface area contributed by atoms with Crippen LogP contribution in [0.2, 0.25) is 0 Å². The van der Waals surface area contributed by atoms with Gasteiger partial charge in [0.2, 0.25) is 5.79 Å². The minimum atomic E-state index is -1.80. The largest absolute Gasteiger partial charge is 0.462 e. The Hall–Kier alpha value is -0.223. The van der Waals surface area contributed by atoms with Gasteiger partial charge in [0.15, 0.2) is 0 Å². The molecular weight excluding hydrogens is 287 g/mol. The molecule has 2 nitrogen and oxygen atoms in total. The molecule has 0 amide bonds. The Morgan fingerprint density at radius 2 is 2.17 bits per heavy atom. The van der Waals surface area contributed by atoms with Gasteiger partial charge in [-0.25, -0.2) is 0 Å². The van der Waals surface area contributed by atoms with Crippen molar-refractivity contribution >= 4 is 34.8 Å². The first-order valence-electron chi connectivity index (χ1n) is 6.20. The number of hydrogen-bond acceptors (Lipinski definition) is 2. The van der Waals surface area contributed by atoms with Crippen LogP contribution in [0.4, 0.5) is 0 Å². The van der Waals surface area contributed by atoms with Gasteiger partial charge in [-0.3, -0.25) is 0 Å². The van der Waals surface area contributed by atoms with Crippen molar-refractivity contribution in [2.75, 3.05) is 0 Å². The predicted octanol–water partition coefficient (Wildman–Crippen LogP) is 3.26. The zero-order valence-corrected chi connectivity index (χ0v) is 13.5. The highest BCUT2D eigenvalue weighted by Crippen LogP contribution is 2.36. The van der Waals surface area contributed by atoms with E-state index in [0.717, 1.165) is 22.9 Å². The highest BCUT2D eigenvalue weighted by Gasteiger charge is 2.37. The molecule has 0 radical (unpaired) electrons. The van der Waals surface area contributed by atoms with Crippen LogP contribution in [0.3, 0.4) is 0 Å². The standard InChI is InChI=1S/C13H18Cl2O2Si/c1-4-9(2)13(3)16-8-10-7-11(18(14)15)5-6-12(10)17-13/h5-7,9,18H,4,8H2,1-3H3. The molecule has 1 aliphatic heterocycles. The zero-order valence-electron chi connectivity index (χ0n) is 10.9. The van der Waals surface area contributed by atoms with Gasteiger partial charge in [-0.15, -0.1) is 22.2 Å². The number of fused-ring (bicyclic) bond motifs is 1. The SMILES string of the molecule is CCC(C)C1(C)OCc2cc([SiH](Cl)Cl)ccc2O1. The van der Waals surface area contributed by atoms with Gasteiger partial charge in [-0.05, 0) is 17.7 Å². The number of halogens is 2. The molecule has 0 aliphatic carbocycles. The molecular formula is C13H18Cl2O2Si. The van der Waals surface area contributed by atoms with Crippen LogP contribution in [0.5, 0.6) is 5.75 Å². The first-order chi connectivity index (χ1) is 8.46. The first kappa shape index (κ1) is 14.2. The van der Waals surface area contributed by atoms with Gasteiger partial charge in [0.05, 0.1) is 6.61 Å². The van der Waals surface area contributed by atoms with Gasteiger partial charge in [0.1, 0.15) is 5.75 Å². The van der Waals surface area contributed by atoms with Crippen LogP contribution in [-0.2, 0) is 11.3 Å². The maximum atomic E-state index is 6.01. The third kappa shape index (κ3) is 2.69. The van der Waals surface area contributed by atoms with Crippen molar-refractivity contribution in [2.24, 2.45) is 5.92 Å². The number of benzene rings is 1. The first-order valence-corrected chi connectivity index (χ1v) is 10.3. The lowest BCUT2D eigenvalue weighted by atomic mass is 9.98. The van der Waals surface area contributed by atoms with Crippen molar-refractivity contribution in [3.05, 3.63) is 23.8 Å². The zero-order chi connectivity index (χ0) is 13.3. The molecule has 1 aliphatic rings. The van der Waals surface area contributed by atoms with Gasteiger partial charge < -0.3 is 9.47 Å². The molecule has 1 heterocycles. The summed E-state index contributed by atoms with van der Waals surface area (Å²) in [5.74, 6) is 0.687. The van der Waals surface area contributed by atoms with E-state index in [1.807, 2.05) is 25.1 Å². The van der Waals surface area contributed by atoms with Gasteiger partial charge in [0.25, 0.3) is 7.42 Å². The third-order valence-electron chi connectivity index (χ3n) is 3.67. The van der Waals surface area contributed by atoms with Crippen molar-refractivity contribution < 1.29 is 9.47 Å². The van der Waals surface area contributed by atoms with Crippen LogP contribution in [0.15, 0.2) is 18.2 Å². The second-order valence-electron chi connectivity index (χ2n) is 4.88. The summed E-state index contributed by atoms with van der Waals surface area (Å²) in [6.07, 6.45) is 1.02. The maximum absolute atomic E-state index is 6.01. The van der Waals surface area contributed by atoms with Crippen molar-refractivity contribution in [3.8, 4) is 5.75 Å². The van der Waals surface area contributed by atoms with Crippen LogP contribution >= 0.6 is 22.2 Å². The number of rotatable bonds is 3. The lowest BCUT2D eigenvalue weighted by molar-refractivity contribution is -0.223. The fourth-order valence-corrected chi connectivity index (χ4v) is 3.41. The minimum absolute atomic E-state index is 0.341. The predicted molar refractivity (Wildman–Crippen MR) is 78.2 cm³/mol. The molecule has 2 rings (SSSR count). The smallest absolute Gasteiger partial charge is 0.266 e. The Balaban J connectivity index is 2.26. The summed E-state index contributed by atoms with van der Waals surface area (Å²) >= 11 is 12.0. The summed E-state index contributed by atoms with van der Waals surface area (Å²) < 4.78 is 11.9. The van der Waals surface area contributed by atoms with Crippen LogP contribution in [0.1, 0.15) is 32.8 Å². The van der Waals surface area contributed by atoms with E-state index in [1.54, 1.807) is 0 Å². The summed E-state index contributed by atoms with van der Waals surface area (Å²) in [6, 6.07) is 5.92. The number of ether oxygens (including phenoxy) is 2. The molecule has 0 bridgehead atoms. The molecule has 18 heavy (non-hydrogen) atoms. The summed E-state index contributed by atoms with van der Waals surface area (Å²) in [5, 5.41) is 1.01. The van der Waals surface area contributed by atoms with Crippen molar-refractivity contribution in [1.29, 1.82) is 0 Å². The van der Waals surface area contributed by atoms with Crippen LogP contribution in [-0.4, -0.2) is 13.2 Å². The van der Waals surface area contributed by atoms with Crippen molar-refractivity contribution in [1.82, 2.24) is 0 Å². The van der Waals surface area contributed by atoms with Crippen LogP contribution in [0.25, 0.3) is 0 Å². The molecule has 0 saturated carbocycles. The van der Waals surface area contributed by atoms with Gasteiger partial charge >= 0.3 is 0 Å². The van der Waals surface area contributed by atoms with E-state index in [4.69, 9.17) is 31.6 Å². The second-order valence-corrected chi connectivity index (χ2v) is 9.44. The van der Waals surface area contributed by atoms with Crippen molar-refractivity contribution in [2.45, 2.75) is 39.6 Å². The maximum Gasteiger partial charge on any atom is 0.266 e. The summed E-state index contributed by atoms with van der Waals surface area (Å²) in [5.41, 5.74) is 1.03. The quantitative estimate of drug-likeness (QED) is 0.630. The third-order valence-corrected chi connectivity index (χ3v) is 6.05. The Morgan fingerprint density at radius 3 is 2.78 bits per heavy atom. The summed E-state index contributed by atoms with van der Waals surface area (Å²) in [6.45, 7) is 6.83. The lowest BCUT2D eigenvalue weighted by Crippen LogP contribution is -2.44. The summed E-state index contributed by atoms with van der Waals surface area (Å²) in [7, 11) is -1.80. The van der Waals surface area contributed by atoms with E-state index in [0.29, 0.717) is 12.5 Å². The fourth-order valence-electron chi connectivity index (χ4n) is 2.03. The molecule has 0 saturated heterocycles. The van der Waals surface area contributed by atoms with E-state index >= 15 is 0 Å². The topological polar surface area (TPSA) is 18.5 Å². The fraction of sp³-hybridized carbons (Fsp3) is 0.538. The normalized spacial score (nSPS) is 24.6. The Labute approximate surface area is 119 Å². The van der Waals surface area contributed by atoms with E-state index in [9.17, 15) is 0 Å². The van der Waals surface area contributed by atoms with Crippen LogP contribution in [0, 0.1) is 5.92 Å². The van der Waals surface area contributed by atoms with Gasteiger partial charge in [-0.2, -0.15) is 0 Å². The highest BCUT2D eigenvalue weighted by atomic mass is 35.7. The molecule has 100 valence electrons. The Bertz CT molecular complexity index is 439. The van der Waals surface area contributed by atoms with E-state index in [-0.39, 0.29) is 0 Å². The minimum Gasteiger partial charge on any atom is -0.462 e. The molecule has 0 fully saturated rings. The Kier molecular flexibility index (Phi) is 4.27. The van der Waals surface area contributed by atoms with E-state index in [1.165, 1.54) is 0 Å².